The van der Waals surface area contributed by atoms with Crippen molar-refractivity contribution in [2.45, 2.75) is 36.5 Å². The maximum Gasteiger partial charge on any atom is 0.179 e. The van der Waals surface area contributed by atoms with Gasteiger partial charge in [-0.1, -0.05) is 59.7 Å². The Hall–Kier alpha value is -3.22. The largest absolute Gasteiger partial charge is 0.382 e. The molecule has 3 aromatic carbocycles. The molecule has 0 heterocycles. The second-order valence-corrected chi connectivity index (χ2v) is 14.6. The fraction of sp³-hybridized carbons (Fsp3) is 0.394. The highest BCUT2D eigenvalue weighted by Crippen LogP contribution is 2.23. The minimum absolute atomic E-state index is 0.0113. The third-order valence-corrected chi connectivity index (χ3v) is 10.6. The van der Waals surface area contributed by atoms with Gasteiger partial charge in [0.15, 0.2) is 31.2 Å². The topological polar surface area (TPSA) is 130 Å². The van der Waals surface area contributed by atoms with Crippen LogP contribution >= 0.6 is 0 Å². The predicted molar refractivity (Wildman–Crippen MR) is 168 cm³/mol. The van der Waals surface area contributed by atoms with Gasteiger partial charge in [0.1, 0.15) is 0 Å². The van der Waals surface area contributed by atoms with Gasteiger partial charge in [0.25, 0.3) is 0 Å². The molecule has 0 unspecified atom stereocenters. The second kappa shape index (κ2) is 16.7. The molecule has 0 saturated heterocycles. The standard InChI is InChI=1S/C33H40O9S2/c1-25-6-14-30(15-7-25)43(36,37)23-29(24-44(38,39)31-16-8-26(2)9-17-31)33(35)28-12-10-27(11-13-28)32(34)5-4-18-41-21-22-42-20-19-40-3/h6-17,29H,4-5,18-24H2,1-3H3. The molecular formula is C33H40O9S2. The van der Waals surface area contributed by atoms with Gasteiger partial charge in [-0.2, -0.15) is 0 Å². The molecule has 44 heavy (non-hydrogen) atoms. The first-order valence-electron chi connectivity index (χ1n) is 14.3. The monoisotopic (exact) mass is 644 g/mol. The summed E-state index contributed by atoms with van der Waals surface area (Å²) in [7, 11) is -6.40. The lowest BCUT2D eigenvalue weighted by molar-refractivity contribution is 0.0240. The zero-order valence-corrected chi connectivity index (χ0v) is 27.0. The lowest BCUT2D eigenvalue weighted by atomic mass is 9.98. The number of aryl methyl sites for hydroxylation is 2. The third-order valence-electron chi connectivity index (χ3n) is 6.96. The van der Waals surface area contributed by atoms with E-state index in [0.29, 0.717) is 45.0 Å². The number of ketones is 2. The van der Waals surface area contributed by atoms with Crippen LogP contribution in [0, 0.1) is 19.8 Å². The number of benzene rings is 3. The molecular weight excluding hydrogens is 604 g/mol. The molecule has 0 aromatic heterocycles. The Kier molecular flexibility index (Phi) is 13.4. The number of ether oxygens (including phenoxy) is 3. The first-order chi connectivity index (χ1) is 20.9. The Labute approximate surface area is 260 Å². The van der Waals surface area contributed by atoms with Crippen LogP contribution in [-0.4, -0.2) is 80.1 Å². The fourth-order valence-corrected chi connectivity index (χ4v) is 7.65. The van der Waals surface area contributed by atoms with Crippen molar-refractivity contribution in [3.8, 4) is 0 Å². The van der Waals surface area contributed by atoms with Gasteiger partial charge >= 0.3 is 0 Å². The smallest absolute Gasteiger partial charge is 0.179 e. The van der Waals surface area contributed by atoms with Crippen molar-refractivity contribution in [2.24, 2.45) is 5.92 Å². The van der Waals surface area contributed by atoms with Crippen LogP contribution < -0.4 is 0 Å². The van der Waals surface area contributed by atoms with Crippen molar-refractivity contribution < 1.29 is 40.6 Å². The summed E-state index contributed by atoms with van der Waals surface area (Å²) in [6.07, 6.45) is 0.747. The number of hydrogen-bond donors (Lipinski definition) is 0. The lowest BCUT2D eigenvalue weighted by Gasteiger charge is -2.17. The highest BCUT2D eigenvalue weighted by molar-refractivity contribution is 7.92. The predicted octanol–water partition coefficient (Wildman–Crippen LogP) is 4.69. The number of sulfone groups is 2. The summed E-state index contributed by atoms with van der Waals surface area (Å²) in [6, 6.07) is 18.3. The molecule has 0 amide bonds. The van der Waals surface area contributed by atoms with E-state index in [4.69, 9.17) is 14.2 Å². The van der Waals surface area contributed by atoms with E-state index in [1.807, 2.05) is 13.8 Å². The highest BCUT2D eigenvalue weighted by Gasteiger charge is 2.32. The first kappa shape index (κ1) is 35.3. The van der Waals surface area contributed by atoms with Crippen LogP contribution in [-0.2, 0) is 33.9 Å². The van der Waals surface area contributed by atoms with Gasteiger partial charge in [0, 0.05) is 31.3 Å². The molecule has 0 saturated carbocycles. The van der Waals surface area contributed by atoms with Gasteiger partial charge < -0.3 is 14.2 Å². The summed E-state index contributed by atoms with van der Waals surface area (Å²) in [5, 5.41) is 0. The summed E-state index contributed by atoms with van der Waals surface area (Å²) < 4.78 is 68.9. The van der Waals surface area contributed by atoms with Crippen LogP contribution in [0.1, 0.15) is 44.7 Å². The van der Waals surface area contributed by atoms with Crippen molar-refractivity contribution in [3.05, 3.63) is 95.1 Å². The minimum Gasteiger partial charge on any atom is -0.382 e. The van der Waals surface area contributed by atoms with Crippen LogP contribution in [0.25, 0.3) is 0 Å². The molecule has 3 rings (SSSR count). The van der Waals surface area contributed by atoms with Gasteiger partial charge in [0.2, 0.25) is 0 Å². The number of Topliss-reactive ketones (excluding diaryl/α,β-unsaturated/α-hetero) is 2. The van der Waals surface area contributed by atoms with Crippen LogP contribution in [0.3, 0.4) is 0 Å². The number of methoxy groups -OCH3 is 1. The molecule has 0 aliphatic heterocycles. The van der Waals surface area contributed by atoms with Crippen LogP contribution in [0.4, 0.5) is 0 Å². The number of rotatable bonds is 19. The van der Waals surface area contributed by atoms with Crippen LogP contribution in [0.2, 0.25) is 0 Å². The minimum atomic E-state index is -4.00. The van der Waals surface area contributed by atoms with Crippen LogP contribution in [0.15, 0.2) is 82.6 Å². The van der Waals surface area contributed by atoms with Crippen molar-refractivity contribution >= 4 is 31.2 Å². The Morgan fingerprint density at radius 1 is 0.614 bits per heavy atom. The van der Waals surface area contributed by atoms with E-state index < -0.39 is 42.9 Å². The van der Waals surface area contributed by atoms with Gasteiger partial charge in [-0.05, 0) is 44.5 Å². The second-order valence-electron chi connectivity index (χ2n) is 10.6. The van der Waals surface area contributed by atoms with E-state index in [0.717, 1.165) is 11.1 Å². The number of carbonyl (C=O) groups excluding carboxylic acids is 2. The molecule has 0 atom stereocenters. The molecule has 11 heteroatoms. The zero-order valence-electron chi connectivity index (χ0n) is 25.4. The molecule has 0 radical (unpaired) electrons. The van der Waals surface area contributed by atoms with Gasteiger partial charge in [-0.15, -0.1) is 0 Å². The maximum absolute atomic E-state index is 13.7. The van der Waals surface area contributed by atoms with Gasteiger partial charge in [-0.3, -0.25) is 9.59 Å². The third kappa shape index (κ3) is 10.7. The summed E-state index contributed by atoms with van der Waals surface area (Å²) in [4.78, 5) is 26.3. The fourth-order valence-electron chi connectivity index (χ4n) is 4.41. The van der Waals surface area contributed by atoms with Crippen molar-refractivity contribution in [3.63, 3.8) is 0 Å². The van der Waals surface area contributed by atoms with E-state index in [1.54, 1.807) is 31.4 Å². The summed E-state index contributed by atoms with van der Waals surface area (Å²) >= 11 is 0. The molecule has 0 spiro atoms. The van der Waals surface area contributed by atoms with Gasteiger partial charge in [0.05, 0.1) is 53.6 Å². The van der Waals surface area contributed by atoms with Gasteiger partial charge in [-0.25, -0.2) is 16.8 Å². The van der Waals surface area contributed by atoms with Crippen molar-refractivity contribution in [1.29, 1.82) is 0 Å². The molecule has 9 nitrogen and oxygen atoms in total. The Bertz CT molecular complexity index is 1500. The zero-order chi connectivity index (χ0) is 32.2. The normalized spacial score (nSPS) is 12.0. The molecule has 238 valence electrons. The van der Waals surface area contributed by atoms with Crippen molar-refractivity contribution in [2.75, 3.05) is 51.6 Å². The molecule has 0 aliphatic rings. The Morgan fingerprint density at radius 2 is 1.05 bits per heavy atom. The van der Waals surface area contributed by atoms with E-state index >= 15 is 0 Å². The summed E-state index contributed by atoms with van der Waals surface area (Å²) in [6.45, 7) is 5.88. The van der Waals surface area contributed by atoms with E-state index in [-0.39, 0.29) is 27.6 Å². The average molecular weight is 645 g/mol. The van der Waals surface area contributed by atoms with Crippen LogP contribution in [0.5, 0.6) is 0 Å². The first-order valence-corrected chi connectivity index (χ1v) is 17.6. The molecule has 0 fully saturated rings. The van der Waals surface area contributed by atoms with E-state index in [9.17, 15) is 26.4 Å². The maximum atomic E-state index is 13.7. The van der Waals surface area contributed by atoms with Crippen molar-refractivity contribution in [1.82, 2.24) is 0 Å². The lowest BCUT2D eigenvalue weighted by Crippen LogP contribution is -2.31. The number of hydrogen-bond acceptors (Lipinski definition) is 9. The average Bonchev–Trinajstić information content (AvgIpc) is 2.99. The number of carbonyl (C=O) groups is 2. The summed E-state index contributed by atoms with van der Waals surface area (Å²) in [5.41, 5.74) is 2.25. The quantitative estimate of drug-likeness (QED) is 0.135. The molecule has 0 aliphatic carbocycles. The Balaban J connectivity index is 1.71. The Morgan fingerprint density at radius 3 is 1.52 bits per heavy atom. The van der Waals surface area contributed by atoms with E-state index in [2.05, 4.69) is 0 Å². The molecule has 0 N–H and O–H groups in total. The highest BCUT2D eigenvalue weighted by atomic mass is 32.2. The molecule has 0 bridgehead atoms. The van der Waals surface area contributed by atoms with E-state index in [1.165, 1.54) is 48.5 Å². The molecule has 3 aromatic rings. The summed E-state index contributed by atoms with van der Waals surface area (Å²) in [5.74, 6) is -3.50. The SMILES string of the molecule is COCCOCCOCCCC(=O)c1ccc(C(=O)C(CS(=O)(=O)c2ccc(C)cc2)CS(=O)(=O)c2ccc(C)cc2)cc1.